The maximum Gasteiger partial charge on any atom is 0.280 e. The zero-order chi connectivity index (χ0) is 21.9. The Balaban J connectivity index is 1.23. The number of likely N-dealkylation sites (tertiary alicyclic amines) is 1. The minimum atomic E-state index is -0.558. The van der Waals surface area contributed by atoms with Gasteiger partial charge in [0, 0.05) is 18.7 Å². The van der Waals surface area contributed by atoms with Gasteiger partial charge in [0.15, 0.2) is 11.8 Å². The van der Waals surface area contributed by atoms with E-state index in [0.717, 1.165) is 12.0 Å². The van der Waals surface area contributed by atoms with Gasteiger partial charge in [-0.25, -0.2) is 4.68 Å². The highest BCUT2D eigenvalue weighted by molar-refractivity contribution is 5.81. The van der Waals surface area contributed by atoms with Crippen LogP contribution < -0.4 is 4.74 Å². The molecule has 32 heavy (non-hydrogen) atoms. The molecule has 9 nitrogen and oxygen atoms in total. The summed E-state index contributed by atoms with van der Waals surface area (Å²) in [5.41, 5.74) is 1.37. The van der Waals surface area contributed by atoms with E-state index in [9.17, 15) is 4.79 Å². The van der Waals surface area contributed by atoms with Crippen LogP contribution in [0.25, 0.3) is 23.0 Å². The topological polar surface area (TPSA) is 99.2 Å². The number of hydrogen-bond acceptors (Lipinski definition) is 7. The first kappa shape index (κ1) is 19.9. The van der Waals surface area contributed by atoms with Crippen LogP contribution in [0.3, 0.4) is 0 Å². The minimum Gasteiger partial charge on any atom is -0.481 e. The fraction of sp³-hybridized carbons (Fsp3) is 0.261. The number of benzene rings is 2. The van der Waals surface area contributed by atoms with Crippen molar-refractivity contribution in [3.8, 4) is 28.7 Å². The molecule has 4 aromatic rings. The summed E-state index contributed by atoms with van der Waals surface area (Å²) in [6.07, 6.45) is 2.01. The third-order valence-corrected chi connectivity index (χ3v) is 5.44. The molecule has 2 aromatic heterocycles. The van der Waals surface area contributed by atoms with E-state index in [0.29, 0.717) is 36.2 Å². The van der Waals surface area contributed by atoms with Crippen molar-refractivity contribution in [1.82, 2.24) is 30.0 Å². The maximum absolute atomic E-state index is 12.8. The van der Waals surface area contributed by atoms with Crippen molar-refractivity contribution in [1.29, 1.82) is 0 Å². The fourth-order valence-electron chi connectivity index (χ4n) is 3.75. The summed E-state index contributed by atoms with van der Waals surface area (Å²) in [6, 6.07) is 19.0. The smallest absolute Gasteiger partial charge is 0.280 e. The van der Waals surface area contributed by atoms with Gasteiger partial charge in [0.05, 0.1) is 12.2 Å². The Bertz CT molecular complexity index is 1190. The van der Waals surface area contributed by atoms with Crippen molar-refractivity contribution < 1.29 is 14.1 Å². The predicted molar refractivity (Wildman–Crippen MR) is 116 cm³/mol. The lowest BCUT2D eigenvalue weighted by atomic mass is 10.2. The van der Waals surface area contributed by atoms with E-state index in [1.54, 1.807) is 22.7 Å². The summed E-state index contributed by atoms with van der Waals surface area (Å²) in [6.45, 7) is 2.96. The lowest BCUT2D eigenvalue weighted by molar-refractivity contribution is -0.136. The van der Waals surface area contributed by atoms with E-state index in [1.807, 2.05) is 60.7 Å². The summed E-state index contributed by atoms with van der Waals surface area (Å²) in [5.74, 6) is 1.45. The van der Waals surface area contributed by atoms with Gasteiger partial charge in [-0.1, -0.05) is 58.9 Å². The number of amides is 1. The van der Waals surface area contributed by atoms with Gasteiger partial charge in [0.25, 0.3) is 11.8 Å². The first-order valence-corrected chi connectivity index (χ1v) is 10.5. The van der Waals surface area contributed by atoms with E-state index >= 15 is 0 Å². The van der Waals surface area contributed by atoms with E-state index < -0.39 is 6.10 Å². The Morgan fingerprint density at radius 2 is 1.88 bits per heavy atom. The molecule has 1 amide bonds. The molecule has 0 spiro atoms. The van der Waals surface area contributed by atoms with Crippen LogP contribution in [-0.4, -0.2) is 55.1 Å². The van der Waals surface area contributed by atoms with Crippen LogP contribution in [0.2, 0.25) is 0 Å². The van der Waals surface area contributed by atoms with E-state index in [4.69, 9.17) is 9.26 Å². The van der Waals surface area contributed by atoms with Crippen molar-refractivity contribution in [3.63, 3.8) is 0 Å². The Morgan fingerprint density at radius 3 is 2.66 bits per heavy atom. The van der Waals surface area contributed by atoms with Crippen LogP contribution in [0.4, 0.5) is 0 Å². The van der Waals surface area contributed by atoms with Gasteiger partial charge in [-0.05, 0) is 25.5 Å². The molecule has 0 aliphatic carbocycles. The molecule has 162 valence electrons. The van der Waals surface area contributed by atoms with Crippen LogP contribution >= 0.6 is 0 Å². The van der Waals surface area contributed by atoms with E-state index in [1.165, 1.54) is 0 Å². The second-order valence-electron chi connectivity index (χ2n) is 7.67. The summed E-state index contributed by atoms with van der Waals surface area (Å²) < 4.78 is 12.9. The van der Waals surface area contributed by atoms with E-state index in [-0.39, 0.29) is 11.9 Å². The van der Waals surface area contributed by atoms with Gasteiger partial charge in [-0.15, -0.1) is 5.10 Å². The number of carbonyl (C=O) groups is 1. The van der Waals surface area contributed by atoms with E-state index in [2.05, 4.69) is 20.5 Å². The number of ether oxygens (including phenoxy) is 1. The second kappa shape index (κ2) is 8.62. The van der Waals surface area contributed by atoms with Crippen LogP contribution in [0.15, 0.2) is 71.4 Å². The van der Waals surface area contributed by atoms with Crippen molar-refractivity contribution in [2.24, 2.45) is 0 Å². The van der Waals surface area contributed by atoms with Crippen molar-refractivity contribution in [3.05, 3.63) is 66.9 Å². The van der Waals surface area contributed by atoms with Gasteiger partial charge in [-0.3, -0.25) is 4.79 Å². The van der Waals surface area contributed by atoms with Gasteiger partial charge in [-0.2, -0.15) is 4.98 Å². The van der Waals surface area contributed by atoms with Gasteiger partial charge in [0.2, 0.25) is 5.82 Å². The van der Waals surface area contributed by atoms with Gasteiger partial charge in [0.1, 0.15) is 5.75 Å². The van der Waals surface area contributed by atoms with Crippen LogP contribution in [-0.2, 0) is 4.79 Å². The molecule has 0 radical (unpaired) electrons. The molecule has 2 atom stereocenters. The number of hydrogen-bond donors (Lipinski definition) is 0. The lowest BCUT2D eigenvalue weighted by Gasteiger charge is -2.21. The molecule has 0 bridgehead atoms. The van der Waals surface area contributed by atoms with Crippen molar-refractivity contribution in [2.75, 3.05) is 13.1 Å². The highest BCUT2D eigenvalue weighted by atomic mass is 16.5. The standard InChI is InChI=1S/C23H22N6O3/c1-16(31-19-10-6-3-7-11-19)23(30)28-13-12-18(14-28)29-15-20(25-27-29)22-24-21(26-32-22)17-8-4-2-5-9-17/h2-11,15-16,18H,12-14H2,1H3/t16-,18-/m0/s1. The van der Waals surface area contributed by atoms with Crippen molar-refractivity contribution in [2.45, 2.75) is 25.5 Å². The fourth-order valence-corrected chi connectivity index (χ4v) is 3.75. The normalized spacial score (nSPS) is 16.8. The maximum atomic E-state index is 12.8. The second-order valence-corrected chi connectivity index (χ2v) is 7.67. The molecule has 1 saturated heterocycles. The number of rotatable bonds is 6. The molecule has 0 saturated carbocycles. The predicted octanol–water partition coefficient (Wildman–Crippen LogP) is 3.24. The zero-order valence-corrected chi connectivity index (χ0v) is 17.5. The molecule has 1 aliphatic heterocycles. The van der Waals surface area contributed by atoms with Crippen LogP contribution in [0.1, 0.15) is 19.4 Å². The molecule has 3 heterocycles. The summed E-state index contributed by atoms with van der Waals surface area (Å²) in [4.78, 5) is 19.0. The number of nitrogens with zero attached hydrogens (tertiary/aromatic N) is 6. The molecule has 0 unspecified atom stereocenters. The highest BCUT2D eigenvalue weighted by Crippen LogP contribution is 2.25. The monoisotopic (exact) mass is 430 g/mol. The molecule has 0 N–H and O–H groups in total. The van der Waals surface area contributed by atoms with Gasteiger partial charge < -0.3 is 14.2 Å². The van der Waals surface area contributed by atoms with Crippen LogP contribution in [0, 0.1) is 0 Å². The third-order valence-electron chi connectivity index (χ3n) is 5.44. The third kappa shape index (κ3) is 4.09. The highest BCUT2D eigenvalue weighted by Gasteiger charge is 2.31. The lowest BCUT2D eigenvalue weighted by Crippen LogP contribution is -2.39. The Labute approximate surface area is 184 Å². The molecule has 2 aromatic carbocycles. The SMILES string of the molecule is C[C@H](Oc1ccccc1)C(=O)N1CC[C@H](n2cc(-c3nc(-c4ccccc4)no3)nn2)C1. The molecule has 5 rings (SSSR count). The number of carbonyl (C=O) groups excluding carboxylic acids is 1. The molecular weight excluding hydrogens is 408 g/mol. The van der Waals surface area contributed by atoms with Crippen molar-refractivity contribution >= 4 is 5.91 Å². The summed E-state index contributed by atoms with van der Waals surface area (Å²) >= 11 is 0. The average molecular weight is 430 g/mol. The number of para-hydroxylation sites is 1. The zero-order valence-electron chi connectivity index (χ0n) is 17.5. The summed E-state index contributed by atoms with van der Waals surface area (Å²) in [7, 11) is 0. The van der Waals surface area contributed by atoms with Crippen LogP contribution in [0.5, 0.6) is 5.75 Å². The quantitative estimate of drug-likeness (QED) is 0.463. The first-order valence-electron chi connectivity index (χ1n) is 10.5. The van der Waals surface area contributed by atoms with Gasteiger partial charge >= 0.3 is 0 Å². The summed E-state index contributed by atoms with van der Waals surface area (Å²) in [5, 5.41) is 12.4. The Morgan fingerprint density at radius 1 is 1.12 bits per heavy atom. The Kier molecular flexibility index (Phi) is 5.37. The Hall–Kier alpha value is -4.01. The number of aromatic nitrogens is 5. The largest absolute Gasteiger partial charge is 0.481 e. The molecular formula is C23H22N6O3. The molecule has 9 heteroatoms. The minimum absolute atomic E-state index is 0.0284. The molecule has 1 fully saturated rings. The first-order chi connectivity index (χ1) is 15.7. The molecule has 1 aliphatic rings. The average Bonchev–Trinajstić information content (AvgIpc) is 3.60.